The van der Waals surface area contributed by atoms with E-state index >= 15 is 0 Å². The van der Waals surface area contributed by atoms with Crippen molar-refractivity contribution in [2.75, 3.05) is 0 Å². The summed E-state index contributed by atoms with van der Waals surface area (Å²) in [7, 11) is 0. The van der Waals surface area contributed by atoms with Crippen molar-refractivity contribution in [3.63, 3.8) is 0 Å². The largest absolute Gasteiger partial charge is 0.386 e. The number of unbranched alkanes of at least 4 members (excludes halogenated alkanes) is 2. The maximum atomic E-state index is 12.2. The minimum atomic E-state index is -1.07. The molecule has 3 heteroatoms. The summed E-state index contributed by atoms with van der Waals surface area (Å²) in [5.74, 6) is 0. The maximum Gasteiger partial charge on any atom is 0.256 e. The van der Waals surface area contributed by atoms with E-state index in [1.54, 1.807) is 24.5 Å². The Kier molecular flexibility index (Phi) is 4.52. The monoisotopic (exact) mass is 237 g/mol. The molecule has 0 saturated carbocycles. The van der Waals surface area contributed by atoms with E-state index in [1.807, 2.05) is 13.0 Å². The number of hydrogen-bond donors (Lipinski definition) is 1. The van der Waals surface area contributed by atoms with E-state index in [-0.39, 0.29) is 5.56 Å². The lowest BCUT2D eigenvalue weighted by molar-refractivity contribution is 0.0764. The van der Waals surface area contributed by atoms with Gasteiger partial charge in [0.2, 0.25) is 0 Å². The first-order valence-electron chi connectivity index (χ1n) is 6.31. The third kappa shape index (κ3) is 3.43. The van der Waals surface area contributed by atoms with Crippen molar-refractivity contribution in [1.29, 1.82) is 0 Å². The summed E-state index contributed by atoms with van der Waals surface area (Å²) in [6.07, 6.45) is 3.27. The van der Waals surface area contributed by atoms with Crippen LogP contribution >= 0.6 is 0 Å². The highest BCUT2D eigenvalue weighted by atomic mass is 16.3. The minimum absolute atomic E-state index is 0.0615. The van der Waals surface area contributed by atoms with Crippen LogP contribution in [0.1, 0.15) is 51.3 Å². The molecule has 0 aromatic carbocycles. The van der Waals surface area contributed by atoms with Gasteiger partial charge in [-0.2, -0.15) is 0 Å². The molecule has 0 aliphatic carbocycles. The smallest absolute Gasteiger partial charge is 0.256 e. The summed E-state index contributed by atoms with van der Waals surface area (Å²) in [5.41, 5.74) is 0.296. The van der Waals surface area contributed by atoms with Crippen LogP contribution in [-0.4, -0.2) is 9.67 Å². The van der Waals surface area contributed by atoms with E-state index in [1.165, 1.54) is 0 Å². The lowest BCUT2D eigenvalue weighted by Crippen LogP contribution is -2.32. The highest BCUT2D eigenvalue weighted by molar-refractivity contribution is 5.20. The quantitative estimate of drug-likeness (QED) is 0.800. The van der Waals surface area contributed by atoms with Crippen molar-refractivity contribution in [3.8, 4) is 0 Å². The molecular formula is C14H23NO2. The second kappa shape index (κ2) is 5.50. The predicted octanol–water partition coefficient (Wildman–Crippen LogP) is 2.57. The molecule has 0 aliphatic rings. The van der Waals surface area contributed by atoms with Crippen LogP contribution in [0.3, 0.4) is 0 Å². The fourth-order valence-electron chi connectivity index (χ4n) is 1.93. The number of aromatic nitrogens is 1. The van der Waals surface area contributed by atoms with Crippen molar-refractivity contribution in [1.82, 2.24) is 4.57 Å². The molecule has 1 aromatic heterocycles. The average molecular weight is 237 g/mol. The Morgan fingerprint density at radius 3 is 2.47 bits per heavy atom. The molecule has 0 fully saturated rings. The van der Waals surface area contributed by atoms with Crippen molar-refractivity contribution < 1.29 is 5.11 Å². The molecule has 0 aliphatic heterocycles. The zero-order valence-corrected chi connectivity index (χ0v) is 11.3. The Labute approximate surface area is 103 Å². The molecule has 0 spiro atoms. The minimum Gasteiger partial charge on any atom is -0.386 e. The van der Waals surface area contributed by atoms with Crippen LogP contribution in [0.4, 0.5) is 0 Å². The van der Waals surface area contributed by atoms with E-state index in [0.717, 1.165) is 31.5 Å². The predicted molar refractivity (Wildman–Crippen MR) is 70.2 cm³/mol. The Hall–Kier alpha value is -1.09. The van der Waals surface area contributed by atoms with Gasteiger partial charge < -0.3 is 9.67 Å². The first kappa shape index (κ1) is 14.0. The van der Waals surface area contributed by atoms with Gasteiger partial charge in [0, 0.05) is 17.8 Å². The molecule has 17 heavy (non-hydrogen) atoms. The molecule has 0 unspecified atom stereocenters. The molecule has 0 saturated heterocycles. The molecule has 0 atom stereocenters. The molecule has 1 N–H and O–H groups in total. The topological polar surface area (TPSA) is 42.2 Å². The first-order chi connectivity index (χ1) is 7.88. The average Bonchev–Trinajstić information content (AvgIpc) is 2.21. The summed E-state index contributed by atoms with van der Waals surface area (Å²) in [6.45, 7) is 8.11. The third-order valence-corrected chi connectivity index (χ3v) is 3.04. The Morgan fingerprint density at radius 2 is 1.94 bits per heavy atom. The molecule has 0 bridgehead atoms. The molecule has 1 aromatic rings. The lowest BCUT2D eigenvalue weighted by atomic mass is 9.99. The highest BCUT2D eigenvalue weighted by Crippen LogP contribution is 2.16. The zero-order chi connectivity index (χ0) is 13.1. The Bertz CT molecular complexity index is 427. The van der Waals surface area contributed by atoms with E-state index in [2.05, 4.69) is 6.92 Å². The van der Waals surface area contributed by atoms with Crippen LogP contribution in [-0.2, 0) is 12.1 Å². The van der Waals surface area contributed by atoms with E-state index in [4.69, 9.17) is 0 Å². The number of aliphatic hydroxyl groups is 1. The fraction of sp³-hybridized carbons (Fsp3) is 0.643. The lowest BCUT2D eigenvalue weighted by Gasteiger charge is -2.19. The van der Waals surface area contributed by atoms with Crippen molar-refractivity contribution in [3.05, 3.63) is 33.7 Å². The SMILES string of the molecule is CCCCCn1c(C)ccc(C(C)(C)O)c1=O. The zero-order valence-electron chi connectivity index (χ0n) is 11.3. The van der Waals surface area contributed by atoms with Gasteiger partial charge in [-0.15, -0.1) is 0 Å². The summed E-state index contributed by atoms with van der Waals surface area (Å²) >= 11 is 0. The maximum absolute atomic E-state index is 12.2. The normalized spacial score (nSPS) is 11.8. The number of pyridine rings is 1. The van der Waals surface area contributed by atoms with Crippen molar-refractivity contribution >= 4 is 0 Å². The van der Waals surface area contributed by atoms with Gasteiger partial charge in [0.15, 0.2) is 0 Å². The van der Waals surface area contributed by atoms with Gasteiger partial charge in [-0.05, 0) is 39.3 Å². The third-order valence-electron chi connectivity index (χ3n) is 3.04. The van der Waals surface area contributed by atoms with Gasteiger partial charge in [-0.1, -0.05) is 19.8 Å². The molecule has 3 nitrogen and oxygen atoms in total. The molecular weight excluding hydrogens is 214 g/mol. The van der Waals surface area contributed by atoms with Crippen LogP contribution in [0, 0.1) is 6.92 Å². The van der Waals surface area contributed by atoms with Crippen molar-refractivity contribution in [2.24, 2.45) is 0 Å². The van der Waals surface area contributed by atoms with Crippen LogP contribution in [0.25, 0.3) is 0 Å². The van der Waals surface area contributed by atoms with Gasteiger partial charge in [0.25, 0.3) is 5.56 Å². The Balaban J connectivity index is 3.08. The number of nitrogens with zero attached hydrogens (tertiary/aromatic N) is 1. The molecule has 0 radical (unpaired) electrons. The fourth-order valence-corrected chi connectivity index (χ4v) is 1.93. The van der Waals surface area contributed by atoms with Crippen molar-refractivity contribution in [2.45, 2.75) is 59.1 Å². The summed E-state index contributed by atoms with van der Waals surface area (Å²) in [5, 5.41) is 9.94. The summed E-state index contributed by atoms with van der Waals surface area (Å²) in [6, 6.07) is 3.63. The second-order valence-corrected chi connectivity index (χ2v) is 5.11. The number of rotatable bonds is 5. The molecule has 1 heterocycles. The first-order valence-corrected chi connectivity index (χ1v) is 6.31. The standard InChI is InChI=1S/C14H23NO2/c1-5-6-7-10-15-11(2)8-9-12(13(15)16)14(3,4)17/h8-9,17H,5-7,10H2,1-4H3. The van der Waals surface area contributed by atoms with Crippen LogP contribution < -0.4 is 5.56 Å². The highest BCUT2D eigenvalue weighted by Gasteiger charge is 2.21. The van der Waals surface area contributed by atoms with Gasteiger partial charge >= 0.3 is 0 Å². The van der Waals surface area contributed by atoms with E-state index < -0.39 is 5.60 Å². The number of aryl methyl sites for hydroxylation is 1. The second-order valence-electron chi connectivity index (χ2n) is 5.11. The van der Waals surface area contributed by atoms with Crippen LogP contribution in [0.15, 0.2) is 16.9 Å². The molecule has 96 valence electrons. The van der Waals surface area contributed by atoms with Crippen LogP contribution in [0.5, 0.6) is 0 Å². The Morgan fingerprint density at radius 1 is 1.29 bits per heavy atom. The van der Waals surface area contributed by atoms with Gasteiger partial charge in [0.05, 0.1) is 5.60 Å². The van der Waals surface area contributed by atoms with Gasteiger partial charge in [-0.25, -0.2) is 0 Å². The molecule has 0 amide bonds. The van der Waals surface area contributed by atoms with Crippen LogP contribution in [0.2, 0.25) is 0 Å². The van der Waals surface area contributed by atoms with E-state index in [9.17, 15) is 9.90 Å². The van der Waals surface area contributed by atoms with E-state index in [0.29, 0.717) is 5.56 Å². The summed E-state index contributed by atoms with van der Waals surface area (Å²) < 4.78 is 1.77. The number of hydrogen-bond acceptors (Lipinski definition) is 2. The van der Waals surface area contributed by atoms with Gasteiger partial charge in [0.1, 0.15) is 0 Å². The van der Waals surface area contributed by atoms with Gasteiger partial charge in [-0.3, -0.25) is 4.79 Å². The summed E-state index contributed by atoms with van der Waals surface area (Å²) in [4.78, 5) is 12.2. The molecule has 1 rings (SSSR count).